The average molecular weight is 340 g/mol. The summed E-state index contributed by atoms with van der Waals surface area (Å²) in [6.45, 7) is 4.92. The van der Waals surface area contributed by atoms with Crippen LogP contribution in [0.25, 0.3) is 0 Å². The van der Waals surface area contributed by atoms with Crippen LogP contribution in [-0.4, -0.2) is 6.61 Å². The van der Waals surface area contributed by atoms with E-state index in [0.717, 1.165) is 28.8 Å². The Labute approximate surface area is 126 Å². The summed E-state index contributed by atoms with van der Waals surface area (Å²) >= 11 is 5.24. The second-order valence-electron chi connectivity index (χ2n) is 4.53. The van der Waals surface area contributed by atoms with Gasteiger partial charge in [-0.25, -0.2) is 0 Å². The minimum atomic E-state index is -0.0808. The van der Waals surface area contributed by atoms with Crippen LogP contribution in [0, 0.1) is 6.92 Å². The third kappa shape index (κ3) is 3.38. The molecule has 0 spiro atoms. The number of halogens is 1. The third-order valence-corrected chi connectivity index (χ3v) is 4.51. The highest BCUT2D eigenvalue weighted by Crippen LogP contribution is 2.31. The van der Waals surface area contributed by atoms with Gasteiger partial charge in [0.1, 0.15) is 5.75 Å². The molecule has 1 aromatic carbocycles. The molecule has 4 heteroatoms. The second kappa shape index (κ2) is 6.55. The molecule has 0 saturated heterocycles. The summed E-state index contributed by atoms with van der Waals surface area (Å²) < 4.78 is 6.61. The van der Waals surface area contributed by atoms with E-state index < -0.39 is 0 Å². The molecule has 0 aliphatic carbocycles. The highest BCUT2D eigenvalue weighted by atomic mass is 79.9. The molecule has 0 saturated carbocycles. The van der Waals surface area contributed by atoms with Crippen molar-refractivity contribution in [3.63, 3.8) is 0 Å². The van der Waals surface area contributed by atoms with Crippen LogP contribution in [0.5, 0.6) is 5.75 Å². The quantitative estimate of drug-likeness (QED) is 0.859. The summed E-state index contributed by atoms with van der Waals surface area (Å²) in [5.41, 5.74) is 9.86. The number of thiophene rings is 1. The van der Waals surface area contributed by atoms with Crippen molar-refractivity contribution in [3.8, 4) is 5.75 Å². The second-order valence-corrected chi connectivity index (χ2v) is 6.12. The molecule has 1 atom stereocenters. The molecule has 1 unspecified atom stereocenters. The molecule has 2 nitrogen and oxygen atoms in total. The SMILES string of the molecule is CCCOc1ccc(C(N)c2cscc2C)cc1Br. The van der Waals surface area contributed by atoms with Gasteiger partial charge in [-0.3, -0.25) is 0 Å². The Kier molecular flexibility index (Phi) is 5.02. The van der Waals surface area contributed by atoms with Gasteiger partial charge in [-0.2, -0.15) is 11.3 Å². The van der Waals surface area contributed by atoms with Gasteiger partial charge in [-0.1, -0.05) is 13.0 Å². The maximum Gasteiger partial charge on any atom is 0.133 e. The summed E-state index contributed by atoms with van der Waals surface area (Å²) in [5.74, 6) is 0.875. The first-order valence-electron chi connectivity index (χ1n) is 6.34. The van der Waals surface area contributed by atoms with Crippen LogP contribution in [0.3, 0.4) is 0 Å². The van der Waals surface area contributed by atoms with Gasteiger partial charge in [0.2, 0.25) is 0 Å². The fraction of sp³-hybridized carbons (Fsp3) is 0.333. The monoisotopic (exact) mass is 339 g/mol. The summed E-state index contributed by atoms with van der Waals surface area (Å²) in [7, 11) is 0. The van der Waals surface area contributed by atoms with Gasteiger partial charge in [-0.15, -0.1) is 0 Å². The van der Waals surface area contributed by atoms with Crippen molar-refractivity contribution in [3.05, 3.63) is 50.1 Å². The minimum absolute atomic E-state index is 0.0808. The Bertz CT molecular complexity index is 553. The first-order chi connectivity index (χ1) is 9.13. The molecule has 19 heavy (non-hydrogen) atoms. The van der Waals surface area contributed by atoms with Gasteiger partial charge < -0.3 is 10.5 Å². The van der Waals surface area contributed by atoms with Gasteiger partial charge in [0.25, 0.3) is 0 Å². The van der Waals surface area contributed by atoms with E-state index in [1.165, 1.54) is 11.1 Å². The molecule has 0 aliphatic heterocycles. The van der Waals surface area contributed by atoms with Crippen molar-refractivity contribution in [2.75, 3.05) is 6.61 Å². The van der Waals surface area contributed by atoms with Crippen LogP contribution in [0.15, 0.2) is 33.4 Å². The number of hydrogen-bond acceptors (Lipinski definition) is 3. The molecular formula is C15H18BrNOS. The summed E-state index contributed by atoms with van der Waals surface area (Å²) in [6.07, 6.45) is 1.00. The summed E-state index contributed by atoms with van der Waals surface area (Å²) in [5, 5.41) is 4.25. The Morgan fingerprint density at radius 2 is 2.16 bits per heavy atom. The molecule has 2 rings (SSSR count). The van der Waals surface area contributed by atoms with Gasteiger partial charge in [0, 0.05) is 0 Å². The van der Waals surface area contributed by atoms with Crippen molar-refractivity contribution in [1.29, 1.82) is 0 Å². The van der Waals surface area contributed by atoms with E-state index in [0.29, 0.717) is 0 Å². The highest BCUT2D eigenvalue weighted by Gasteiger charge is 2.13. The van der Waals surface area contributed by atoms with Crippen molar-refractivity contribution < 1.29 is 4.74 Å². The van der Waals surface area contributed by atoms with E-state index in [1.54, 1.807) is 11.3 Å². The van der Waals surface area contributed by atoms with Crippen LogP contribution in [-0.2, 0) is 0 Å². The van der Waals surface area contributed by atoms with Crippen molar-refractivity contribution in [2.45, 2.75) is 26.3 Å². The van der Waals surface area contributed by atoms with Crippen LogP contribution in [0.2, 0.25) is 0 Å². The van der Waals surface area contributed by atoms with Crippen LogP contribution < -0.4 is 10.5 Å². The number of aryl methyl sites for hydroxylation is 1. The topological polar surface area (TPSA) is 35.2 Å². The van der Waals surface area contributed by atoms with E-state index in [2.05, 4.69) is 40.5 Å². The minimum Gasteiger partial charge on any atom is -0.492 e. The zero-order chi connectivity index (χ0) is 13.8. The lowest BCUT2D eigenvalue weighted by atomic mass is 9.99. The fourth-order valence-electron chi connectivity index (χ4n) is 1.91. The molecule has 2 aromatic rings. The van der Waals surface area contributed by atoms with Gasteiger partial charge >= 0.3 is 0 Å². The fourth-order valence-corrected chi connectivity index (χ4v) is 3.31. The van der Waals surface area contributed by atoms with E-state index >= 15 is 0 Å². The van der Waals surface area contributed by atoms with E-state index in [-0.39, 0.29) is 6.04 Å². The lowest BCUT2D eigenvalue weighted by Crippen LogP contribution is -2.12. The first kappa shape index (κ1) is 14.6. The van der Waals surface area contributed by atoms with Crippen molar-refractivity contribution in [1.82, 2.24) is 0 Å². The number of ether oxygens (including phenoxy) is 1. The molecule has 0 amide bonds. The number of rotatable bonds is 5. The molecular weight excluding hydrogens is 322 g/mol. The molecule has 102 valence electrons. The van der Waals surface area contributed by atoms with E-state index in [9.17, 15) is 0 Å². The Hall–Kier alpha value is -0.840. The Morgan fingerprint density at radius 1 is 1.37 bits per heavy atom. The number of hydrogen-bond donors (Lipinski definition) is 1. The molecule has 0 fully saturated rings. The lowest BCUT2D eigenvalue weighted by molar-refractivity contribution is 0.315. The van der Waals surface area contributed by atoms with Crippen LogP contribution in [0.4, 0.5) is 0 Å². The van der Waals surface area contributed by atoms with Crippen molar-refractivity contribution >= 4 is 27.3 Å². The normalized spacial score (nSPS) is 12.4. The molecule has 0 aliphatic rings. The van der Waals surface area contributed by atoms with Gasteiger partial charge in [-0.05, 0) is 68.9 Å². The largest absolute Gasteiger partial charge is 0.492 e. The number of benzene rings is 1. The lowest BCUT2D eigenvalue weighted by Gasteiger charge is -2.14. The predicted octanol–water partition coefficient (Wildman–Crippen LogP) is 4.66. The van der Waals surface area contributed by atoms with E-state index in [4.69, 9.17) is 10.5 Å². The van der Waals surface area contributed by atoms with Crippen LogP contribution >= 0.6 is 27.3 Å². The maximum atomic E-state index is 6.33. The first-order valence-corrected chi connectivity index (χ1v) is 8.07. The zero-order valence-corrected chi connectivity index (χ0v) is 13.6. The van der Waals surface area contributed by atoms with Gasteiger partial charge in [0.15, 0.2) is 0 Å². The highest BCUT2D eigenvalue weighted by molar-refractivity contribution is 9.10. The average Bonchev–Trinajstić information content (AvgIpc) is 2.82. The summed E-state index contributed by atoms with van der Waals surface area (Å²) in [6, 6.07) is 5.99. The molecule has 0 bridgehead atoms. The standard InChI is InChI=1S/C15H18BrNOS/c1-3-6-18-14-5-4-11(7-13(14)16)15(17)12-9-19-8-10(12)2/h4-5,7-9,15H,3,6,17H2,1-2H3. The molecule has 1 aromatic heterocycles. The molecule has 0 radical (unpaired) electrons. The van der Waals surface area contributed by atoms with Crippen molar-refractivity contribution in [2.24, 2.45) is 5.73 Å². The maximum absolute atomic E-state index is 6.33. The smallest absolute Gasteiger partial charge is 0.133 e. The molecule has 1 heterocycles. The van der Waals surface area contributed by atoms with Crippen LogP contribution in [0.1, 0.15) is 36.1 Å². The zero-order valence-electron chi connectivity index (χ0n) is 11.2. The van der Waals surface area contributed by atoms with E-state index in [1.807, 2.05) is 18.2 Å². The molecule has 2 N–H and O–H groups in total. The summed E-state index contributed by atoms with van der Waals surface area (Å²) in [4.78, 5) is 0. The third-order valence-electron chi connectivity index (χ3n) is 3.01. The number of nitrogens with two attached hydrogens (primary N) is 1. The Morgan fingerprint density at radius 3 is 2.74 bits per heavy atom. The van der Waals surface area contributed by atoms with Gasteiger partial charge in [0.05, 0.1) is 17.1 Å². The predicted molar refractivity (Wildman–Crippen MR) is 85.0 cm³/mol. The Balaban J connectivity index is 2.22.